The summed E-state index contributed by atoms with van der Waals surface area (Å²) in [7, 11) is 0. The number of thiophene rings is 1. The van der Waals surface area contributed by atoms with E-state index in [1.54, 1.807) is 29.8 Å². The first-order valence-electron chi connectivity index (χ1n) is 9.00. The molecule has 0 bridgehead atoms. The molecule has 2 amide bonds. The van der Waals surface area contributed by atoms with Crippen LogP contribution in [-0.4, -0.2) is 33.0 Å². The van der Waals surface area contributed by atoms with Crippen LogP contribution in [0.3, 0.4) is 0 Å². The van der Waals surface area contributed by atoms with E-state index in [1.807, 2.05) is 29.6 Å². The first-order valence-corrected chi connectivity index (χ1v) is 10.7. The summed E-state index contributed by atoms with van der Waals surface area (Å²) < 4.78 is 5.31. The number of nitrogens with two attached hydrogens (primary N) is 1. The van der Waals surface area contributed by atoms with Crippen molar-refractivity contribution in [3.05, 3.63) is 70.5 Å². The third kappa shape index (κ3) is 3.98. The molecular weight excluding hydrogens is 420 g/mol. The van der Waals surface area contributed by atoms with Crippen LogP contribution < -0.4 is 11.1 Å². The Hall–Kier alpha value is -3.43. The van der Waals surface area contributed by atoms with E-state index in [0.717, 1.165) is 27.2 Å². The second-order valence-electron chi connectivity index (χ2n) is 6.51. The molecule has 0 aliphatic rings. The Balaban J connectivity index is 1.62. The Morgan fingerprint density at radius 2 is 1.87 bits per heavy atom. The third-order valence-electron chi connectivity index (χ3n) is 4.57. The molecule has 7 nitrogen and oxygen atoms in total. The maximum absolute atomic E-state index is 13.0. The Morgan fingerprint density at radius 3 is 2.63 bits per heavy atom. The lowest BCUT2D eigenvalue weighted by Gasteiger charge is -2.16. The largest absolute Gasteiger partial charge is 0.363 e. The van der Waals surface area contributed by atoms with Crippen molar-refractivity contribution < 1.29 is 14.4 Å². The molecule has 3 aromatic heterocycles. The van der Waals surface area contributed by atoms with Crippen molar-refractivity contribution in [1.82, 2.24) is 14.7 Å². The van der Waals surface area contributed by atoms with Gasteiger partial charge in [0.2, 0.25) is 5.78 Å². The minimum absolute atomic E-state index is 0.161. The number of fused-ring (bicyclic) bond motifs is 1. The van der Waals surface area contributed by atoms with Crippen LogP contribution in [0, 0.1) is 0 Å². The SMILES string of the molecule is NC(=O)C(=O)C(Cc1csc2ccccc12)NC(=O)c1csnc1-c1ccccn1. The monoisotopic (exact) mass is 436 g/mol. The summed E-state index contributed by atoms with van der Waals surface area (Å²) >= 11 is 2.65. The summed E-state index contributed by atoms with van der Waals surface area (Å²) in [6.07, 6.45) is 1.77. The number of nitrogens with zero attached hydrogens (tertiary/aromatic N) is 2. The molecular formula is C21H16N4O3S2. The number of carbonyl (C=O) groups is 3. The Labute approximate surface area is 179 Å². The number of Topliss-reactive ketones (excluding diaryl/α,β-unsaturated/α-hetero) is 1. The summed E-state index contributed by atoms with van der Waals surface area (Å²) in [6.45, 7) is 0. The standard InChI is InChI=1S/C21H16N4O3S2/c22-20(27)19(26)16(9-12-10-29-17-7-2-1-5-13(12)17)24-21(28)14-11-30-25-18(14)15-6-3-4-8-23-15/h1-8,10-11,16H,9H2,(H2,22,27)(H,24,28). The lowest BCUT2D eigenvalue weighted by Crippen LogP contribution is -2.47. The van der Waals surface area contributed by atoms with E-state index in [0.29, 0.717) is 11.4 Å². The van der Waals surface area contributed by atoms with Crippen LogP contribution in [0.5, 0.6) is 0 Å². The number of ketones is 1. The number of primary amides is 1. The van der Waals surface area contributed by atoms with Crippen molar-refractivity contribution >= 4 is 50.6 Å². The van der Waals surface area contributed by atoms with Crippen LogP contribution in [0.1, 0.15) is 15.9 Å². The predicted octanol–water partition coefficient (Wildman–Crippen LogP) is 2.82. The zero-order chi connectivity index (χ0) is 21.1. The molecule has 30 heavy (non-hydrogen) atoms. The predicted molar refractivity (Wildman–Crippen MR) is 116 cm³/mol. The summed E-state index contributed by atoms with van der Waals surface area (Å²) in [5, 5.41) is 7.15. The van der Waals surface area contributed by atoms with Gasteiger partial charge < -0.3 is 11.1 Å². The van der Waals surface area contributed by atoms with Gasteiger partial charge in [-0.05, 0) is 46.1 Å². The fourth-order valence-corrected chi connectivity index (χ4v) is 4.76. The number of benzene rings is 1. The summed E-state index contributed by atoms with van der Waals surface area (Å²) in [5.74, 6) is -2.45. The Morgan fingerprint density at radius 1 is 1.07 bits per heavy atom. The van der Waals surface area contributed by atoms with Gasteiger partial charge >= 0.3 is 0 Å². The summed E-state index contributed by atoms with van der Waals surface area (Å²) in [4.78, 5) is 41.2. The van der Waals surface area contributed by atoms with Gasteiger partial charge in [0.25, 0.3) is 11.8 Å². The fourth-order valence-electron chi connectivity index (χ4n) is 3.11. The molecule has 150 valence electrons. The van der Waals surface area contributed by atoms with Gasteiger partial charge in [-0.1, -0.05) is 24.3 Å². The van der Waals surface area contributed by atoms with Crippen molar-refractivity contribution in [1.29, 1.82) is 0 Å². The number of rotatable bonds is 7. The van der Waals surface area contributed by atoms with E-state index >= 15 is 0 Å². The first kappa shape index (κ1) is 19.9. The van der Waals surface area contributed by atoms with Gasteiger partial charge in [0, 0.05) is 22.7 Å². The number of nitrogens with one attached hydrogen (secondary N) is 1. The molecule has 1 aromatic carbocycles. The van der Waals surface area contributed by atoms with Gasteiger partial charge in [-0.25, -0.2) is 0 Å². The van der Waals surface area contributed by atoms with Crippen molar-refractivity contribution in [3.8, 4) is 11.4 Å². The number of hydrogen-bond acceptors (Lipinski definition) is 7. The minimum Gasteiger partial charge on any atom is -0.363 e. The molecule has 4 rings (SSSR count). The number of amides is 2. The lowest BCUT2D eigenvalue weighted by atomic mass is 10.0. The molecule has 4 aromatic rings. The maximum atomic E-state index is 13.0. The van der Waals surface area contributed by atoms with E-state index in [9.17, 15) is 14.4 Å². The number of carbonyl (C=O) groups excluding carboxylic acids is 3. The summed E-state index contributed by atoms with van der Waals surface area (Å²) in [5.41, 5.74) is 7.36. The average molecular weight is 437 g/mol. The second kappa shape index (κ2) is 8.52. The van der Waals surface area contributed by atoms with E-state index in [4.69, 9.17) is 5.73 Å². The lowest BCUT2D eigenvalue weighted by molar-refractivity contribution is -0.137. The van der Waals surface area contributed by atoms with Crippen LogP contribution in [0.15, 0.2) is 59.4 Å². The topological polar surface area (TPSA) is 115 Å². The van der Waals surface area contributed by atoms with Gasteiger partial charge in [0.05, 0.1) is 11.3 Å². The molecule has 3 heterocycles. The van der Waals surface area contributed by atoms with Crippen molar-refractivity contribution in [2.75, 3.05) is 0 Å². The zero-order valence-electron chi connectivity index (χ0n) is 15.6. The van der Waals surface area contributed by atoms with Crippen molar-refractivity contribution in [2.24, 2.45) is 5.73 Å². The van der Waals surface area contributed by atoms with Gasteiger partial charge in [0.15, 0.2) is 0 Å². The van der Waals surface area contributed by atoms with Crippen LogP contribution in [-0.2, 0) is 16.0 Å². The molecule has 3 N–H and O–H groups in total. The van der Waals surface area contributed by atoms with Crippen LogP contribution in [0.2, 0.25) is 0 Å². The molecule has 0 saturated carbocycles. The van der Waals surface area contributed by atoms with Crippen LogP contribution >= 0.6 is 22.9 Å². The van der Waals surface area contributed by atoms with Crippen molar-refractivity contribution in [2.45, 2.75) is 12.5 Å². The smallest absolute Gasteiger partial charge is 0.287 e. The minimum atomic E-state index is -1.09. The molecule has 0 aliphatic carbocycles. The van der Waals surface area contributed by atoms with E-state index < -0.39 is 23.6 Å². The Bertz CT molecular complexity index is 1230. The molecule has 1 unspecified atom stereocenters. The Kier molecular flexibility index (Phi) is 5.64. The number of pyridine rings is 1. The van der Waals surface area contributed by atoms with Gasteiger partial charge in [0.1, 0.15) is 11.7 Å². The highest BCUT2D eigenvalue weighted by molar-refractivity contribution is 7.17. The van der Waals surface area contributed by atoms with E-state index in [2.05, 4.69) is 14.7 Å². The number of hydrogen-bond donors (Lipinski definition) is 2. The quantitative estimate of drug-likeness (QED) is 0.432. The molecule has 0 radical (unpaired) electrons. The van der Waals surface area contributed by atoms with E-state index in [-0.39, 0.29) is 12.0 Å². The van der Waals surface area contributed by atoms with Gasteiger partial charge in [-0.2, -0.15) is 4.37 Å². The highest BCUT2D eigenvalue weighted by atomic mass is 32.1. The van der Waals surface area contributed by atoms with Gasteiger partial charge in [-0.3, -0.25) is 19.4 Å². The molecule has 0 spiro atoms. The maximum Gasteiger partial charge on any atom is 0.287 e. The normalized spacial score (nSPS) is 11.9. The molecule has 0 aliphatic heterocycles. The highest BCUT2D eigenvalue weighted by Gasteiger charge is 2.28. The summed E-state index contributed by atoms with van der Waals surface area (Å²) in [6, 6.07) is 12.0. The number of aromatic nitrogens is 2. The highest BCUT2D eigenvalue weighted by Crippen LogP contribution is 2.27. The molecule has 9 heteroatoms. The molecule has 0 fully saturated rings. The van der Waals surface area contributed by atoms with Crippen molar-refractivity contribution in [3.63, 3.8) is 0 Å². The zero-order valence-corrected chi connectivity index (χ0v) is 17.2. The second-order valence-corrected chi connectivity index (χ2v) is 8.05. The van der Waals surface area contributed by atoms with Crippen LogP contribution in [0.4, 0.5) is 0 Å². The first-order chi connectivity index (χ1) is 14.5. The molecule has 0 saturated heterocycles. The fraction of sp³-hybridized carbons (Fsp3) is 0.0952. The van der Waals surface area contributed by atoms with Crippen LogP contribution in [0.25, 0.3) is 21.5 Å². The van der Waals surface area contributed by atoms with E-state index in [1.165, 1.54) is 11.3 Å². The van der Waals surface area contributed by atoms with Gasteiger partial charge in [-0.15, -0.1) is 11.3 Å². The third-order valence-corrected chi connectivity index (χ3v) is 6.21. The molecule has 1 atom stereocenters. The average Bonchev–Trinajstić information content (AvgIpc) is 3.41.